The first-order valence-electron chi connectivity index (χ1n) is 7.64. The molecule has 0 fully saturated rings. The highest BCUT2D eigenvalue weighted by Crippen LogP contribution is 2.61. The van der Waals surface area contributed by atoms with Crippen molar-refractivity contribution in [3.05, 3.63) is 35.4 Å². The van der Waals surface area contributed by atoms with Crippen molar-refractivity contribution >= 4 is 5.78 Å². The average Bonchev–Trinajstić information content (AvgIpc) is 2.89. The molecule has 3 aliphatic rings. The molecule has 0 amide bonds. The molecule has 0 bridgehead atoms. The second-order valence-corrected chi connectivity index (χ2v) is 6.38. The van der Waals surface area contributed by atoms with Crippen molar-refractivity contribution in [3.8, 4) is 11.5 Å². The van der Waals surface area contributed by atoms with Gasteiger partial charge < -0.3 is 20.3 Å². The fourth-order valence-corrected chi connectivity index (χ4v) is 4.67. The number of rotatable bonds is 2. The number of carbonyl (C=O) groups is 1. The summed E-state index contributed by atoms with van der Waals surface area (Å²) in [5.74, 6) is 0.221. The van der Waals surface area contributed by atoms with Gasteiger partial charge in [-0.3, -0.25) is 4.79 Å². The van der Waals surface area contributed by atoms with Gasteiger partial charge in [0.1, 0.15) is 5.60 Å². The molecule has 3 N–H and O–H groups in total. The number of hydrogen-bond donors (Lipinski definition) is 3. The normalized spacial score (nSPS) is 37.9. The Morgan fingerprint density at radius 1 is 1.45 bits per heavy atom. The van der Waals surface area contributed by atoms with Crippen LogP contribution in [0.5, 0.6) is 11.5 Å². The van der Waals surface area contributed by atoms with E-state index in [0.29, 0.717) is 18.6 Å². The van der Waals surface area contributed by atoms with Crippen LogP contribution in [-0.2, 0) is 16.6 Å². The van der Waals surface area contributed by atoms with Crippen LogP contribution in [0.3, 0.4) is 0 Å². The minimum atomic E-state index is -1.22. The Kier molecular flexibility index (Phi) is 2.58. The quantitative estimate of drug-likeness (QED) is 0.753. The van der Waals surface area contributed by atoms with E-state index in [-0.39, 0.29) is 17.6 Å². The first-order chi connectivity index (χ1) is 10.5. The number of likely N-dealkylation sites (N-methyl/N-ethyl adjacent to an activating group) is 1. The van der Waals surface area contributed by atoms with Crippen molar-refractivity contribution in [2.45, 2.75) is 42.9 Å². The molecule has 116 valence electrons. The Labute approximate surface area is 128 Å². The van der Waals surface area contributed by atoms with E-state index < -0.39 is 17.1 Å². The lowest BCUT2D eigenvalue weighted by Gasteiger charge is -2.54. The number of carbonyl (C=O) groups excluding carboxylic acids is 1. The van der Waals surface area contributed by atoms with Crippen molar-refractivity contribution in [2.24, 2.45) is 0 Å². The third kappa shape index (κ3) is 1.26. The summed E-state index contributed by atoms with van der Waals surface area (Å²) in [5.41, 5.74) is -0.258. The highest BCUT2D eigenvalue weighted by atomic mass is 16.5. The van der Waals surface area contributed by atoms with E-state index >= 15 is 0 Å². The van der Waals surface area contributed by atoms with Crippen LogP contribution < -0.4 is 10.1 Å². The Morgan fingerprint density at radius 3 is 2.91 bits per heavy atom. The number of benzene rings is 1. The number of aliphatic hydroxyl groups is 1. The molecule has 0 saturated carbocycles. The molecule has 5 nitrogen and oxygen atoms in total. The molecule has 1 aromatic rings. The summed E-state index contributed by atoms with van der Waals surface area (Å²) in [6.45, 7) is 1.95. The first kappa shape index (κ1) is 13.8. The number of ether oxygens (including phenoxy) is 1. The molecule has 1 heterocycles. The maximum atomic E-state index is 12.4. The van der Waals surface area contributed by atoms with Gasteiger partial charge in [0.25, 0.3) is 0 Å². The van der Waals surface area contributed by atoms with E-state index in [2.05, 4.69) is 5.32 Å². The molecule has 1 aromatic carbocycles. The summed E-state index contributed by atoms with van der Waals surface area (Å²) >= 11 is 0. The lowest BCUT2D eigenvalue weighted by molar-refractivity contribution is -0.134. The van der Waals surface area contributed by atoms with Gasteiger partial charge in [0, 0.05) is 11.6 Å². The summed E-state index contributed by atoms with van der Waals surface area (Å²) in [6.07, 6.45) is 3.40. The van der Waals surface area contributed by atoms with Gasteiger partial charge in [-0.25, -0.2) is 0 Å². The van der Waals surface area contributed by atoms with Crippen LogP contribution in [0.1, 0.15) is 24.5 Å². The molecule has 4 rings (SSSR count). The second kappa shape index (κ2) is 4.12. The van der Waals surface area contributed by atoms with E-state index in [1.54, 1.807) is 12.1 Å². The highest BCUT2D eigenvalue weighted by Gasteiger charge is 2.68. The smallest absolute Gasteiger partial charge is 0.196 e. The molecule has 5 heteroatoms. The monoisotopic (exact) mass is 301 g/mol. The summed E-state index contributed by atoms with van der Waals surface area (Å²) in [5, 5.41) is 24.8. The van der Waals surface area contributed by atoms with Crippen molar-refractivity contribution < 1.29 is 19.7 Å². The van der Waals surface area contributed by atoms with E-state index in [4.69, 9.17) is 4.74 Å². The van der Waals surface area contributed by atoms with Crippen molar-refractivity contribution in [1.29, 1.82) is 0 Å². The fraction of sp³-hybridized carbons (Fsp3) is 0.471. The molecule has 0 aromatic heterocycles. The summed E-state index contributed by atoms with van der Waals surface area (Å²) in [7, 11) is 1.81. The van der Waals surface area contributed by atoms with Crippen LogP contribution in [0.25, 0.3) is 0 Å². The van der Waals surface area contributed by atoms with Crippen LogP contribution in [0.15, 0.2) is 24.3 Å². The van der Waals surface area contributed by atoms with E-state index in [1.807, 2.05) is 20.0 Å². The minimum absolute atomic E-state index is 0.0269. The lowest BCUT2D eigenvalue weighted by atomic mass is 9.53. The molecular weight excluding hydrogens is 282 g/mol. The molecule has 0 spiro atoms. The number of aromatic hydroxyl groups is 1. The zero-order chi connectivity index (χ0) is 15.7. The Bertz CT molecular complexity index is 713. The molecule has 2 aliphatic carbocycles. The van der Waals surface area contributed by atoms with Gasteiger partial charge >= 0.3 is 0 Å². The van der Waals surface area contributed by atoms with Gasteiger partial charge in [-0.1, -0.05) is 13.0 Å². The van der Waals surface area contributed by atoms with Crippen LogP contribution in [-0.4, -0.2) is 40.8 Å². The SMILES string of the molecule is CC[C@]12c3c4ccc(O)c3O[C@H]1C(=O)C=C[C@@]2(O)[C@H](NC)C4. The van der Waals surface area contributed by atoms with Gasteiger partial charge in [-0.05, 0) is 43.7 Å². The predicted molar refractivity (Wildman–Crippen MR) is 80.1 cm³/mol. The Morgan fingerprint density at radius 2 is 2.23 bits per heavy atom. The molecule has 0 unspecified atom stereocenters. The number of phenolic OH excluding ortho intramolecular Hbond substituents is 1. The molecular formula is C17H19NO4. The second-order valence-electron chi connectivity index (χ2n) is 6.38. The average molecular weight is 301 g/mol. The predicted octanol–water partition coefficient (Wildman–Crippen LogP) is 0.815. The summed E-state index contributed by atoms with van der Waals surface area (Å²) < 4.78 is 5.86. The van der Waals surface area contributed by atoms with Gasteiger partial charge in [0.05, 0.1) is 5.41 Å². The van der Waals surface area contributed by atoms with Crippen molar-refractivity contribution in [3.63, 3.8) is 0 Å². The molecule has 4 atom stereocenters. The third-order valence-corrected chi connectivity index (χ3v) is 5.69. The van der Waals surface area contributed by atoms with Crippen LogP contribution in [0.2, 0.25) is 0 Å². The zero-order valence-corrected chi connectivity index (χ0v) is 12.6. The molecule has 22 heavy (non-hydrogen) atoms. The zero-order valence-electron chi connectivity index (χ0n) is 12.6. The number of nitrogens with one attached hydrogen (secondary N) is 1. The van der Waals surface area contributed by atoms with E-state index in [9.17, 15) is 15.0 Å². The van der Waals surface area contributed by atoms with Crippen LogP contribution in [0, 0.1) is 0 Å². The van der Waals surface area contributed by atoms with Gasteiger partial charge in [-0.15, -0.1) is 0 Å². The lowest BCUT2D eigenvalue weighted by Crippen LogP contribution is -2.70. The number of hydrogen-bond acceptors (Lipinski definition) is 5. The summed E-state index contributed by atoms with van der Waals surface area (Å²) in [4.78, 5) is 12.4. The van der Waals surface area contributed by atoms with E-state index in [0.717, 1.165) is 11.1 Å². The first-order valence-corrected chi connectivity index (χ1v) is 7.64. The molecule has 0 radical (unpaired) electrons. The third-order valence-electron chi connectivity index (χ3n) is 5.69. The highest BCUT2D eigenvalue weighted by molar-refractivity contribution is 5.98. The fourth-order valence-electron chi connectivity index (χ4n) is 4.67. The van der Waals surface area contributed by atoms with Crippen molar-refractivity contribution in [2.75, 3.05) is 7.05 Å². The number of phenols is 1. The number of ketones is 1. The molecule has 0 saturated heterocycles. The summed E-state index contributed by atoms with van der Waals surface area (Å²) in [6, 6.07) is 3.25. The Hall–Kier alpha value is -1.85. The van der Waals surface area contributed by atoms with Gasteiger partial charge in [0.15, 0.2) is 23.4 Å². The van der Waals surface area contributed by atoms with Crippen LogP contribution in [0.4, 0.5) is 0 Å². The molecule has 1 aliphatic heterocycles. The topological polar surface area (TPSA) is 78.8 Å². The maximum absolute atomic E-state index is 12.4. The van der Waals surface area contributed by atoms with E-state index in [1.165, 1.54) is 6.08 Å². The van der Waals surface area contributed by atoms with Crippen LogP contribution >= 0.6 is 0 Å². The maximum Gasteiger partial charge on any atom is 0.196 e. The standard InChI is InChI=1S/C17H19NO4/c1-3-16-13-9-4-5-10(19)14(13)22-15(16)11(20)6-7-17(16,21)12(8-9)18-2/h4-7,12,15,18-19,21H,3,8H2,1-2H3/t12-,15+,16+,17-/m1/s1. The van der Waals surface area contributed by atoms with Crippen molar-refractivity contribution in [1.82, 2.24) is 5.32 Å². The van der Waals surface area contributed by atoms with Gasteiger partial charge in [-0.2, -0.15) is 0 Å². The largest absolute Gasteiger partial charge is 0.504 e. The Balaban J connectivity index is 2.11. The minimum Gasteiger partial charge on any atom is -0.504 e. The van der Waals surface area contributed by atoms with Gasteiger partial charge in [0.2, 0.25) is 0 Å².